The minimum atomic E-state index is 0.239. The van der Waals surface area contributed by atoms with Crippen molar-refractivity contribution in [2.24, 2.45) is 5.92 Å². The van der Waals surface area contributed by atoms with Gasteiger partial charge >= 0.3 is 0 Å². The first-order valence-corrected chi connectivity index (χ1v) is 4.59. The molecular formula is C9H17NO. The van der Waals surface area contributed by atoms with Gasteiger partial charge in [-0.15, -0.1) is 0 Å². The first kappa shape index (κ1) is 8.57. The molecule has 1 aliphatic heterocycles. The predicted octanol–water partition coefficient (Wildman–Crippen LogP) is 1.70. The van der Waals surface area contributed by atoms with Gasteiger partial charge in [-0.25, -0.2) is 0 Å². The van der Waals surface area contributed by atoms with Gasteiger partial charge in [-0.2, -0.15) is 0 Å². The maximum absolute atomic E-state index is 10.9. The van der Waals surface area contributed by atoms with Crippen molar-refractivity contribution in [3.63, 3.8) is 0 Å². The molecule has 0 aromatic rings. The van der Waals surface area contributed by atoms with Crippen LogP contribution in [0.15, 0.2) is 0 Å². The molecule has 0 aliphatic carbocycles. The molecule has 64 valence electrons. The number of carbonyl (C=O) groups excluding carboxylic acids is 1. The van der Waals surface area contributed by atoms with Crippen LogP contribution in [-0.4, -0.2) is 12.5 Å². The van der Waals surface area contributed by atoms with Gasteiger partial charge in [0.1, 0.15) is 0 Å². The van der Waals surface area contributed by atoms with Crippen LogP contribution in [-0.2, 0) is 4.79 Å². The number of rotatable bonds is 2. The molecule has 0 radical (unpaired) electrons. The fraction of sp³-hybridized carbons (Fsp3) is 0.889. The van der Waals surface area contributed by atoms with E-state index in [9.17, 15) is 4.79 Å². The molecule has 0 bridgehead atoms. The molecule has 1 aliphatic rings. The largest absolute Gasteiger partial charge is 0.356 e. The third-order valence-electron chi connectivity index (χ3n) is 2.35. The Hall–Kier alpha value is -0.530. The Morgan fingerprint density at radius 1 is 1.55 bits per heavy atom. The Balaban J connectivity index is 2.28. The molecule has 0 aromatic heterocycles. The lowest BCUT2D eigenvalue weighted by Gasteiger charge is -2.09. The maximum Gasteiger partial charge on any atom is 0.220 e. The van der Waals surface area contributed by atoms with Crippen molar-refractivity contribution in [1.82, 2.24) is 5.32 Å². The van der Waals surface area contributed by atoms with E-state index in [0.29, 0.717) is 0 Å². The van der Waals surface area contributed by atoms with Crippen LogP contribution in [0.2, 0.25) is 0 Å². The van der Waals surface area contributed by atoms with E-state index >= 15 is 0 Å². The van der Waals surface area contributed by atoms with Crippen LogP contribution < -0.4 is 5.32 Å². The van der Waals surface area contributed by atoms with Gasteiger partial charge < -0.3 is 5.32 Å². The van der Waals surface area contributed by atoms with Crippen molar-refractivity contribution in [2.45, 2.75) is 39.0 Å². The molecule has 11 heavy (non-hydrogen) atoms. The summed E-state index contributed by atoms with van der Waals surface area (Å²) in [6.07, 6.45) is 5.55. The monoisotopic (exact) mass is 155 g/mol. The highest BCUT2D eigenvalue weighted by atomic mass is 16.1. The Labute approximate surface area is 68.4 Å². The molecular weight excluding hydrogens is 138 g/mol. The lowest BCUT2D eigenvalue weighted by Crippen LogP contribution is -2.21. The lowest BCUT2D eigenvalue weighted by atomic mass is 9.96. The fourth-order valence-electron chi connectivity index (χ4n) is 1.68. The fourth-order valence-corrected chi connectivity index (χ4v) is 1.68. The Morgan fingerprint density at radius 2 is 2.36 bits per heavy atom. The van der Waals surface area contributed by atoms with Gasteiger partial charge in [0.2, 0.25) is 5.91 Å². The lowest BCUT2D eigenvalue weighted by molar-refractivity contribution is -0.120. The second-order valence-corrected chi connectivity index (χ2v) is 3.33. The van der Waals surface area contributed by atoms with Gasteiger partial charge in [0.15, 0.2) is 0 Å². The normalized spacial score (nSPS) is 25.9. The number of nitrogens with one attached hydrogen (secondary N) is 1. The van der Waals surface area contributed by atoms with Crippen LogP contribution in [0.4, 0.5) is 0 Å². The Kier molecular flexibility index (Phi) is 3.40. The van der Waals surface area contributed by atoms with Crippen LogP contribution >= 0.6 is 0 Å². The molecule has 0 saturated carbocycles. The number of hydrogen-bond acceptors (Lipinski definition) is 1. The van der Waals surface area contributed by atoms with Crippen LogP contribution in [0, 0.1) is 5.92 Å². The van der Waals surface area contributed by atoms with Crippen LogP contribution in [0.1, 0.15) is 39.0 Å². The minimum absolute atomic E-state index is 0.239. The summed E-state index contributed by atoms with van der Waals surface area (Å²) in [6, 6.07) is 0. The van der Waals surface area contributed by atoms with Gasteiger partial charge in [-0.3, -0.25) is 4.79 Å². The summed E-state index contributed by atoms with van der Waals surface area (Å²) >= 11 is 0. The van der Waals surface area contributed by atoms with Crippen molar-refractivity contribution < 1.29 is 4.79 Å². The summed E-state index contributed by atoms with van der Waals surface area (Å²) in [7, 11) is 0. The molecule has 2 nitrogen and oxygen atoms in total. The van der Waals surface area contributed by atoms with Gasteiger partial charge in [0.25, 0.3) is 0 Å². The summed E-state index contributed by atoms with van der Waals surface area (Å²) in [6.45, 7) is 3.10. The van der Waals surface area contributed by atoms with Gasteiger partial charge in [0.05, 0.1) is 0 Å². The van der Waals surface area contributed by atoms with E-state index in [1.807, 2.05) is 0 Å². The second kappa shape index (κ2) is 4.37. The number of hydrogen-bond donors (Lipinski definition) is 1. The van der Waals surface area contributed by atoms with E-state index in [4.69, 9.17) is 0 Å². The average Bonchev–Trinajstić information content (AvgIpc) is 2.17. The summed E-state index contributed by atoms with van der Waals surface area (Å²) in [5.74, 6) is 1.03. The van der Waals surface area contributed by atoms with Gasteiger partial charge in [0, 0.05) is 13.0 Å². The molecule has 1 atom stereocenters. The first-order valence-electron chi connectivity index (χ1n) is 4.59. The third kappa shape index (κ3) is 2.91. The highest BCUT2D eigenvalue weighted by Gasteiger charge is 2.14. The van der Waals surface area contributed by atoms with Crippen LogP contribution in [0.25, 0.3) is 0 Å². The molecule has 0 unspecified atom stereocenters. The zero-order valence-electron chi connectivity index (χ0n) is 7.23. The smallest absolute Gasteiger partial charge is 0.220 e. The number of amides is 1. The van der Waals surface area contributed by atoms with Crippen LogP contribution in [0.5, 0.6) is 0 Å². The van der Waals surface area contributed by atoms with Crippen LogP contribution in [0.3, 0.4) is 0 Å². The molecule has 2 heteroatoms. The highest BCUT2D eigenvalue weighted by Crippen LogP contribution is 2.18. The van der Waals surface area contributed by atoms with Crippen molar-refractivity contribution >= 4 is 5.91 Å². The van der Waals surface area contributed by atoms with E-state index in [1.54, 1.807) is 0 Å². The molecule has 0 spiro atoms. The second-order valence-electron chi connectivity index (χ2n) is 3.33. The zero-order chi connectivity index (χ0) is 8.10. The number of carbonyl (C=O) groups is 1. The topological polar surface area (TPSA) is 29.1 Å². The van der Waals surface area contributed by atoms with Gasteiger partial charge in [-0.1, -0.05) is 19.8 Å². The van der Waals surface area contributed by atoms with E-state index in [2.05, 4.69) is 12.2 Å². The van der Waals surface area contributed by atoms with E-state index < -0.39 is 0 Å². The quantitative estimate of drug-likeness (QED) is 0.646. The first-order chi connectivity index (χ1) is 5.33. The predicted molar refractivity (Wildman–Crippen MR) is 45.3 cm³/mol. The Bertz CT molecular complexity index is 134. The molecule has 1 amide bonds. The summed E-state index contributed by atoms with van der Waals surface area (Å²) < 4.78 is 0. The van der Waals surface area contributed by atoms with E-state index in [-0.39, 0.29) is 5.91 Å². The minimum Gasteiger partial charge on any atom is -0.356 e. The zero-order valence-corrected chi connectivity index (χ0v) is 7.23. The van der Waals surface area contributed by atoms with Crippen molar-refractivity contribution in [2.75, 3.05) is 6.54 Å². The van der Waals surface area contributed by atoms with E-state index in [0.717, 1.165) is 25.3 Å². The highest BCUT2D eigenvalue weighted by molar-refractivity contribution is 5.76. The SMILES string of the molecule is CCC[C@@H]1CCNC(=O)CC1. The Morgan fingerprint density at radius 3 is 3.09 bits per heavy atom. The summed E-state index contributed by atoms with van der Waals surface area (Å²) in [5.41, 5.74) is 0. The van der Waals surface area contributed by atoms with Gasteiger partial charge in [-0.05, 0) is 18.8 Å². The summed E-state index contributed by atoms with van der Waals surface area (Å²) in [4.78, 5) is 10.9. The maximum atomic E-state index is 10.9. The summed E-state index contributed by atoms with van der Waals surface area (Å²) in [5, 5.41) is 2.89. The molecule has 0 aromatic carbocycles. The molecule has 1 rings (SSSR count). The molecule has 1 fully saturated rings. The van der Waals surface area contributed by atoms with Crippen molar-refractivity contribution in [3.05, 3.63) is 0 Å². The van der Waals surface area contributed by atoms with Crippen molar-refractivity contribution in [3.8, 4) is 0 Å². The van der Waals surface area contributed by atoms with E-state index in [1.165, 1.54) is 19.3 Å². The van der Waals surface area contributed by atoms with Crippen molar-refractivity contribution in [1.29, 1.82) is 0 Å². The molecule has 1 heterocycles. The third-order valence-corrected chi connectivity index (χ3v) is 2.35. The molecule has 1 N–H and O–H groups in total. The average molecular weight is 155 g/mol. The molecule has 1 saturated heterocycles. The standard InChI is InChI=1S/C9H17NO/c1-2-3-8-4-5-9(11)10-7-6-8/h8H,2-7H2,1H3,(H,10,11)/t8-/m0/s1.